The lowest BCUT2D eigenvalue weighted by Crippen LogP contribution is -2.48. The number of nitrogens with one attached hydrogen (secondary N) is 2. The topological polar surface area (TPSA) is 84.7 Å². The van der Waals surface area contributed by atoms with Crippen molar-refractivity contribution in [3.8, 4) is 0 Å². The average Bonchev–Trinajstić information content (AvgIpc) is 2.96. The Bertz CT molecular complexity index is 658. The number of fused-ring (bicyclic) bond motifs is 1. The molecule has 0 fully saturated rings. The monoisotopic (exact) mass is 318 g/mol. The highest BCUT2D eigenvalue weighted by atomic mass is 32.2. The van der Waals surface area contributed by atoms with Crippen molar-refractivity contribution in [2.45, 2.75) is 24.2 Å². The highest BCUT2D eigenvalue weighted by Crippen LogP contribution is 2.16. The molecule has 0 bridgehead atoms. The molecule has 0 unspecified atom stereocenters. The van der Waals surface area contributed by atoms with Gasteiger partial charge in [-0.25, -0.2) is 4.68 Å². The van der Waals surface area contributed by atoms with E-state index in [0.29, 0.717) is 6.54 Å². The third kappa shape index (κ3) is 3.45. The maximum atomic E-state index is 12.2. The molecule has 1 atom stereocenters. The number of tetrazole rings is 1. The number of rotatable bonds is 5. The highest BCUT2D eigenvalue weighted by Gasteiger charge is 2.23. The number of nitrogens with zero attached hydrogens (tertiary/aromatic N) is 4. The van der Waals surface area contributed by atoms with Gasteiger partial charge in [-0.2, -0.15) is 0 Å². The van der Waals surface area contributed by atoms with Crippen molar-refractivity contribution in [2.24, 2.45) is 7.05 Å². The molecule has 116 valence electrons. The molecule has 1 aromatic heterocycles. The van der Waals surface area contributed by atoms with Crippen molar-refractivity contribution >= 4 is 17.7 Å². The molecule has 1 amide bonds. The molecule has 2 aromatic rings. The van der Waals surface area contributed by atoms with Crippen LogP contribution in [0.5, 0.6) is 0 Å². The van der Waals surface area contributed by atoms with Crippen molar-refractivity contribution in [3.05, 3.63) is 35.4 Å². The Morgan fingerprint density at radius 1 is 1.45 bits per heavy atom. The minimum atomic E-state index is -0.156. The molecule has 1 aromatic carbocycles. The van der Waals surface area contributed by atoms with Crippen molar-refractivity contribution < 1.29 is 4.79 Å². The van der Waals surface area contributed by atoms with Crippen LogP contribution in [0, 0.1) is 0 Å². The van der Waals surface area contributed by atoms with Crippen LogP contribution in [0.3, 0.4) is 0 Å². The van der Waals surface area contributed by atoms with E-state index in [1.807, 2.05) is 12.1 Å². The predicted molar refractivity (Wildman–Crippen MR) is 83.3 cm³/mol. The quantitative estimate of drug-likeness (QED) is 0.602. The number of thioether (sulfide) groups is 1. The fourth-order valence-corrected chi connectivity index (χ4v) is 3.13. The van der Waals surface area contributed by atoms with Crippen LogP contribution in [0.4, 0.5) is 0 Å². The van der Waals surface area contributed by atoms with Crippen LogP contribution in [0.2, 0.25) is 0 Å². The van der Waals surface area contributed by atoms with Crippen LogP contribution in [0.1, 0.15) is 11.1 Å². The molecule has 0 aliphatic carbocycles. The molecule has 2 N–H and O–H groups in total. The Hall–Kier alpha value is -1.93. The van der Waals surface area contributed by atoms with Crippen LogP contribution in [-0.4, -0.2) is 44.5 Å². The molecular weight excluding hydrogens is 300 g/mol. The first-order chi connectivity index (χ1) is 10.7. The second-order valence-electron chi connectivity index (χ2n) is 5.13. The van der Waals surface area contributed by atoms with E-state index in [9.17, 15) is 4.79 Å². The minimum Gasteiger partial charge on any atom is -0.354 e. The van der Waals surface area contributed by atoms with Gasteiger partial charge in [0.15, 0.2) is 0 Å². The molecule has 0 radical (unpaired) electrons. The second kappa shape index (κ2) is 6.89. The second-order valence-corrected chi connectivity index (χ2v) is 6.19. The summed E-state index contributed by atoms with van der Waals surface area (Å²) in [6.45, 7) is 1.34. The number of carbonyl (C=O) groups is 1. The first-order valence-corrected chi connectivity index (χ1v) is 8.15. The summed E-state index contributed by atoms with van der Waals surface area (Å²) in [4.78, 5) is 12.2. The number of amides is 1. The fourth-order valence-electron chi connectivity index (χ4n) is 2.42. The van der Waals surface area contributed by atoms with Gasteiger partial charge in [0.05, 0.1) is 6.04 Å². The van der Waals surface area contributed by atoms with Gasteiger partial charge in [0, 0.05) is 25.9 Å². The summed E-state index contributed by atoms with van der Waals surface area (Å²) in [6, 6.07) is 8.08. The molecule has 1 aliphatic rings. The van der Waals surface area contributed by atoms with Gasteiger partial charge in [0.25, 0.3) is 0 Å². The van der Waals surface area contributed by atoms with Crippen LogP contribution in [0.25, 0.3) is 0 Å². The number of aryl methyl sites for hydroxylation is 1. The van der Waals surface area contributed by atoms with E-state index in [4.69, 9.17) is 0 Å². The third-order valence-electron chi connectivity index (χ3n) is 3.61. The number of carbonyl (C=O) groups excluding carboxylic acids is 1. The standard InChI is InChI=1S/C14H18N6OS/c1-20-14(17-18-19-20)22-7-6-15-13(21)12-8-10-4-2-3-5-11(10)9-16-12/h2-5,12,16H,6-9H2,1H3,(H,15,21)/t12-/m1/s1. The van der Waals surface area contributed by atoms with Crippen LogP contribution >= 0.6 is 11.8 Å². The van der Waals surface area contributed by atoms with Gasteiger partial charge in [0.2, 0.25) is 11.1 Å². The Morgan fingerprint density at radius 2 is 2.27 bits per heavy atom. The zero-order chi connectivity index (χ0) is 15.4. The van der Waals surface area contributed by atoms with E-state index in [2.05, 4.69) is 38.3 Å². The van der Waals surface area contributed by atoms with E-state index in [0.717, 1.165) is 23.9 Å². The SMILES string of the molecule is Cn1nnnc1SCCNC(=O)[C@H]1Cc2ccccc2CN1. The maximum absolute atomic E-state index is 12.2. The molecule has 8 heteroatoms. The molecule has 0 spiro atoms. The van der Waals surface area contributed by atoms with Crippen molar-refractivity contribution in [2.75, 3.05) is 12.3 Å². The summed E-state index contributed by atoms with van der Waals surface area (Å²) in [5, 5.41) is 18.2. The van der Waals surface area contributed by atoms with Crippen molar-refractivity contribution in [3.63, 3.8) is 0 Å². The van der Waals surface area contributed by atoms with Crippen LogP contribution in [-0.2, 0) is 24.8 Å². The fraction of sp³-hybridized carbons (Fsp3) is 0.429. The van der Waals surface area contributed by atoms with Crippen molar-refractivity contribution in [1.82, 2.24) is 30.8 Å². The zero-order valence-electron chi connectivity index (χ0n) is 12.3. The number of hydrogen-bond donors (Lipinski definition) is 2. The molecule has 0 saturated heterocycles. The summed E-state index contributed by atoms with van der Waals surface area (Å²) in [6.07, 6.45) is 0.738. The van der Waals surface area contributed by atoms with Gasteiger partial charge in [-0.1, -0.05) is 36.0 Å². The normalized spacial score (nSPS) is 17.0. The highest BCUT2D eigenvalue weighted by molar-refractivity contribution is 7.99. The average molecular weight is 318 g/mol. The third-order valence-corrected chi connectivity index (χ3v) is 4.62. The summed E-state index contributed by atoms with van der Waals surface area (Å²) in [5.41, 5.74) is 2.53. The summed E-state index contributed by atoms with van der Waals surface area (Å²) >= 11 is 1.52. The molecule has 0 saturated carbocycles. The maximum Gasteiger partial charge on any atom is 0.237 e. The number of benzene rings is 1. The Morgan fingerprint density at radius 3 is 3.05 bits per heavy atom. The van der Waals surface area contributed by atoms with E-state index < -0.39 is 0 Å². The summed E-state index contributed by atoms with van der Waals surface area (Å²) in [7, 11) is 1.80. The Balaban J connectivity index is 1.44. The lowest BCUT2D eigenvalue weighted by molar-refractivity contribution is -0.123. The first kappa shape index (κ1) is 15.0. The molecule has 7 nitrogen and oxygen atoms in total. The van der Waals surface area contributed by atoms with Gasteiger partial charge in [-0.3, -0.25) is 4.79 Å². The molecular formula is C14H18N6OS. The number of hydrogen-bond acceptors (Lipinski definition) is 6. The minimum absolute atomic E-state index is 0.0474. The Labute approximate surface area is 132 Å². The van der Waals surface area contributed by atoms with Gasteiger partial charge >= 0.3 is 0 Å². The lowest BCUT2D eigenvalue weighted by atomic mass is 9.95. The van der Waals surface area contributed by atoms with E-state index in [-0.39, 0.29) is 11.9 Å². The Kier molecular flexibility index (Phi) is 4.69. The van der Waals surface area contributed by atoms with Crippen LogP contribution in [0.15, 0.2) is 29.4 Å². The molecule has 22 heavy (non-hydrogen) atoms. The lowest BCUT2D eigenvalue weighted by Gasteiger charge is -2.25. The van der Waals surface area contributed by atoms with Gasteiger partial charge in [-0.05, 0) is 28.0 Å². The van der Waals surface area contributed by atoms with E-state index in [1.54, 1.807) is 11.7 Å². The van der Waals surface area contributed by atoms with Gasteiger partial charge in [0.1, 0.15) is 0 Å². The summed E-state index contributed by atoms with van der Waals surface area (Å²) < 4.78 is 1.62. The van der Waals surface area contributed by atoms with Crippen molar-refractivity contribution in [1.29, 1.82) is 0 Å². The molecule has 2 heterocycles. The predicted octanol–water partition coefficient (Wildman–Crippen LogP) is 0.133. The zero-order valence-corrected chi connectivity index (χ0v) is 13.1. The molecule has 3 rings (SSSR count). The van der Waals surface area contributed by atoms with Gasteiger partial charge < -0.3 is 10.6 Å². The first-order valence-electron chi connectivity index (χ1n) is 7.17. The smallest absolute Gasteiger partial charge is 0.237 e. The van der Waals surface area contributed by atoms with Gasteiger partial charge in [-0.15, -0.1) is 5.10 Å². The van der Waals surface area contributed by atoms with E-state index in [1.165, 1.54) is 22.9 Å². The largest absolute Gasteiger partial charge is 0.354 e. The van der Waals surface area contributed by atoms with Crippen LogP contribution < -0.4 is 10.6 Å². The molecule has 1 aliphatic heterocycles. The summed E-state index contributed by atoms with van der Waals surface area (Å²) in [5.74, 6) is 0.787. The number of aromatic nitrogens is 4. The van der Waals surface area contributed by atoms with E-state index >= 15 is 0 Å².